The van der Waals surface area contributed by atoms with Crippen molar-refractivity contribution in [3.63, 3.8) is 0 Å². The first-order chi connectivity index (χ1) is 9.02. The lowest BCUT2D eigenvalue weighted by Gasteiger charge is -1.99. The smallest absolute Gasteiger partial charge is 0.356 e. The number of nitrogens with zero attached hydrogens (tertiary/aromatic N) is 2. The Bertz CT molecular complexity index is 653. The summed E-state index contributed by atoms with van der Waals surface area (Å²) in [5.41, 5.74) is 0.460. The molecule has 1 aromatic carbocycles. The number of carbonyl (C=O) groups excluding carboxylic acids is 1. The van der Waals surface area contributed by atoms with Gasteiger partial charge in [0.15, 0.2) is 0 Å². The molecule has 98 valence electrons. The Morgan fingerprint density at radius 3 is 2.84 bits per heavy atom. The van der Waals surface area contributed by atoms with E-state index >= 15 is 0 Å². The molecule has 0 atom stereocenters. The summed E-state index contributed by atoms with van der Waals surface area (Å²) in [7, 11) is 1.23. The number of H-pyrrole nitrogens is 1. The fraction of sp³-hybridized carbons (Fsp3) is 0.0909. The van der Waals surface area contributed by atoms with E-state index in [1.165, 1.54) is 31.4 Å². The molecule has 0 amide bonds. The summed E-state index contributed by atoms with van der Waals surface area (Å²) in [4.78, 5) is 21.7. The van der Waals surface area contributed by atoms with Gasteiger partial charge in [0.25, 0.3) is 5.69 Å². The molecule has 0 radical (unpaired) electrons. The summed E-state index contributed by atoms with van der Waals surface area (Å²) >= 11 is 5.72. The average Bonchev–Trinajstić information content (AvgIpc) is 2.87. The van der Waals surface area contributed by atoms with Gasteiger partial charge in [-0.1, -0.05) is 11.6 Å². The van der Waals surface area contributed by atoms with Crippen LogP contribution in [0.3, 0.4) is 0 Å². The van der Waals surface area contributed by atoms with Crippen molar-refractivity contribution in [3.8, 4) is 11.3 Å². The molecular formula is C11H8ClN3O4. The third-order valence-electron chi connectivity index (χ3n) is 2.42. The van der Waals surface area contributed by atoms with Gasteiger partial charge in [0, 0.05) is 11.1 Å². The van der Waals surface area contributed by atoms with Crippen LogP contribution >= 0.6 is 11.6 Å². The number of hydrogen-bond donors (Lipinski definition) is 1. The van der Waals surface area contributed by atoms with E-state index in [9.17, 15) is 14.9 Å². The average molecular weight is 282 g/mol. The highest BCUT2D eigenvalue weighted by Crippen LogP contribution is 2.31. The van der Waals surface area contributed by atoms with Crippen LogP contribution in [0.25, 0.3) is 11.3 Å². The number of nitro groups is 1. The van der Waals surface area contributed by atoms with Gasteiger partial charge in [-0.3, -0.25) is 15.2 Å². The SMILES string of the molecule is COC(=O)c1cc(-c2ccc(Cl)cc2[N+](=O)[O-])n[nH]1. The van der Waals surface area contributed by atoms with Crippen LogP contribution in [0.1, 0.15) is 10.5 Å². The van der Waals surface area contributed by atoms with E-state index in [-0.39, 0.29) is 27.7 Å². The molecule has 0 saturated heterocycles. The van der Waals surface area contributed by atoms with Gasteiger partial charge in [0.1, 0.15) is 5.69 Å². The van der Waals surface area contributed by atoms with Gasteiger partial charge in [-0.25, -0.2) is 4.79 Å². The topological polar surface area (TPSA) is 98.1 Å². The number of rotatable bonds is 3. The van der Waals surface area contributed by atoms with Gasteiger partial charge >= 0.3 is 5.97 Å². The quantitative estimate of drug-likeness (QED) is 0.529. The lowest BCUT2D eigenvalue weighted by molar-refractivity contribution is -0.384. The Hall–Kier alpha value is -2.41. The third kappa shape index (κ3) is 2.55. The van der Waals surface area contributed by atoms with Crippen molar-refractivity contribution in [1.29, 1.82) is 0 Å². The van der Waals surface area contributed by atoms with Gasteiger partial charge in [-0.2, -0.15) is 5.10 Å². The summed E-state index contributed by atoms with van der Waals surface area (Å²) in [6, 6.07) is 5.58. The molecule has 1 N–H and O–H groups in total. The summed E-state index contributed by atoms with van der Waals surface area (Å²) < 4.78 is 4.52. The Balaban J connectivity index is 2.50. The molecular weight excluding hydrogens is 274 g/mol. The largest absolute Gasteiger partial charge is 0.464 e. The lowest BCUT2D eigenvalue weighted by atomic mass is 10.1. The van der Waals surface area contributed by atoms with Crippen LogP contribution in [0, 0.1) is 10.1 Å². The van der Waals surface area contributed by atoms with Crippen molar-refractivity contribution in [1.82, 2.24) is 10.2 Å². The molecule has 19 heavy (non-hydrogen) atoms. The summed E-state index contributed by atoms with van der Waals surface area (Å²) in [6.45, 7) is 0. The highest BCUT2D eigenvalue weighted by atomic mass is 35.5. The summed E-state index contributed by atoms with van der Waals surface area (Å²) in [5.74, 6) is -0.602. The standard InChI is InChI=1S/C11H8ClN3O4/c1-19-11(16)9-5-8(13-14-9)7-3-2-6(12)4-10(7)15(17)18/h2-5H,1H3,(H,13,14). The number of hydrogen-bond acceptors (Lipinski definition) is 5. The second-order valence-corrected chi connectivity index (χ2v) is 4.01. The summed E-state index contributed by atoms with van der Waals surface area (Å²) in [5, 5.41) is 17.5. The Morgan fingerprint density at radius 2 is 2.21 bits per heavy atom. The van der Waals surface area contributed by atoms with Crippen LogP contribution in [0.15, 0.2) is 24.3 Å². The highest BCUT2D eigenvalue weighted by Gasteiger charge is 2.19. The molecule has 0 aliphatic heterocycles. The van der Waals surface area contributed by atoms with E-state index < -0.39 is 10.9 Å². The van der Waals surface area contributed by atoms with Crippen molar-refractivity contribution in [3.05, 3.63) is 45.1 Å². The molecule has 0 unspecified atom stereocenters. The number of nitro benzene ring substituents is 1. The number of ether oxygens (including phenoxy) is 1. The molecule has 2 aromatic rings. The maximum absolute atomic E-state index is 11.3. The minimum absolute atomic E-state index is 0.113. The predicted octanol–water partition coefficient (Wildman–Crippen LogP) is 2.42. The zero-order valence-electron chi connectivity index (χ0n) is 9.71. The Kier molecular flexibility index (Phi) is 3.48. The van der Waals surface area contributed by atoms with E-state index in [2.05, 4.69) is 14.9 Å². The molecule has 0 aliphatic carbocycles. The zero-order chi connectivity index (χ0) is 14.0. The first-order valence-electron chi connectivity index (χ1n) is 5.11. The lowest BCUT2D eigenvalue weighted by Crippen LogP contribution is -2.00. The second-order valence-electron chi connectivity index (χ2n) is 3.58. The molecule has 0 spiro atoms. The number of nitrogens with one attached hydrogen (secondary N) is 1. The van der Waals surface area contributed by atoms with Crippen LogP contribution in [-0.2, 0) is 4.74 Å². The fourth-order valence-electron chi connectivity index (χ4n) is 1.55. The molecule has 0 aliphatic rings. The van der Waals surface area contributed by atoms with Gasteiger partial charge in [-0.15, -0.1) is 0 Å². The Morgan fingerprint density at radius 1 is 1.47 bits per heavy atom. The fourth-order valence-corrected chi connectivity index (χ4v) is 1.71. The highest BCUT2D eigenvalue weighted by molar-refractivity contribution is 6.30. The number of carbonyl (C=O) groups is 1. The van der Waals surface area contributed by atoms with E-state index in [4.69, 9.17) is 11.6 Å². The predicted molar refractivity (Wildman–Crippen MR) is 67.0 cm³/mol. The first-order valence-corrected chi connectivity index (χ1v) is 5.48. The second kappa shape index (κ2) is 5.07. The molecule has 7 nitrogen and oxygen atoms in total. The minimum Gasteiger partial charge on any atom is -0.464 e. The van der Waals surface area contributed by atoms with Crippen molar-refractivity contribution in [2.75, 3.05) is 7.11 Å². The van der Waals surface area contributed by atoms with Crippen LogP contribution in [0.2, 0.25) is 5.02 Å². The maximum atomic E-state index is 11.3. The van der Waals surface area contributed by atoms with Crippen LogP contribution in [-0.4, -0.2) is 28.2 Å². The molecule has 0 bridgehead atoms. The molecule has 0 saturated carbocycles. The van der Waals surface area contributed by atoms with E-state index in [1.54, 1.807) is 0 Å². The maximum Gasteiger partial charge on any atom is 0.356 e. The molecule has 1 heterocycles. The number of aromatic amines is 1. The van der Waals surface area contributed by atoms with Crippen LogP contribution in [0.4, 0.5) is 5.69 Å². The monoisotopic (exact) mass is 281 g/mol. The summed E-state index contributed by atoms with van der Waals surface area (Å²) in [6.07, 6.45) is 0. The number of methoxy groups -OCH3 is 1. The van der Waals surface area contributed by atoms with Crippen molar-refractivity contribution in [2.24, 2.45) is 0 Å². The third-order valence-corrected chi connectivity index (χ3v) is 2.65. The van der Waals surface area contributed by atoms with E-state index in [0.29, 0.717) is 0 Å². The van der Waals surface area contributed by atoms with Crippen molar-refractivity contribution < 1.29 is 14.5 Å². The van der Waals surface area contributed by atoms with E-state index in [0.717, 1.165) is 0 Å². The van der Waals surface area contributed by atoms with Crippen LogP contribution in [0.5, 0.6) is 0 Å². The van der Waals surface area contributed by atoms with Gasteiger partial charge in [-0.05, 0) is 18.2 Å². The molecule has 2 rings (SSSR count). The number of aromatic nitrogens is 2. The number of esters is 1. The van der Waals surface area contributed by atoms with Crippen molar-refractivity contribution >= 4 is 23.3 Å². The Labute approximate surface area is 112 Å². The number of benzene rings is 1. The molecule has 8 heteroatoms. The number of halogens is 1. The first kappa shape index (κ1) is 13.0. The van der Waals surface area contributed by atoms with E-state index in [1.807, 2.05) is 0 Å². The van der Waals surface area contributed by atoms with Gasteiger partial charge < -0.3 is 4.74 Å². The molecule has 0 fully saturated rings. The van der Waals surface area contributed by atoms with Crippen LogP contribution < -0.4 is 0 Å². The normalized spacial score (nSPS) is 10.2. The van der Waals surface area contributed by atoms with Gasteiger partial charge in [0.2, 0.25) is 0 Å². The van der Waals surface area contributed by atoms with Gasteiger partial charge in [0.05, 0.1) is 23.3 Å². The molecule has 1 aromatic heterocycles. The minimum atomic E-state index is -0.602. The van der Waals surface area contributed by atoms with Crippen molar-refractivity contribution in [2.45, 2.75) is 0 Å². The zero-order valence-corrected chi connectivity index (χ0v) is 10.5.